The van der Waals surface area contributed by atoms with Crippen LogP contribution in [-0.2, 0) is 7.05 Å². The number of benzene rings is 1. The highest BCUT2D eigenvalue weighted by Gasteiger charge is 2.10. The summed E-state index contributed by atoms with van der Waals surface area (Å²) in [5.74, 6) is 0.916. The molecule has 3 heteroatoms. The Morgan fingerprint density at radius 1 is 1.29 bits per heavy atom. The summed E-state index contributed by atoms with van der Waals surface area (Å²) in [5, 5.41) is 1.06. The number of ether oxygens (including phenoxy) is 1. The van der Waals surface area contributed by atoms with Gasteiger partial charge in [-0.1, -0.05) is 0 Å². The van der Waals surface area contributed by atoms with Crippen LogP contribution in [0.4, 0.5) is 0 Å². The lowest BCUT2D eigenvalue weighted by atomic mass is 10.2. The predicted molar refractivity (Wildman–Crippen MR) is 68.7 cm³/mol. The van der Waals surface area contributed by atoms with Crippen LogP contribution in [0.25, 0.3) is 10.9 Å². The van der Waals surface area contributed by atoms with Crippen molar-refractivity contribution in [3.05, 3.63) is 30.0 Å². The number of hydrogen-bond donors (Lipinski definition) is 0. The van der Waals surface area contributed by atoms with Gasteiger partial charge >= 0.3 is 0 Å². The molecule has 1 aromatic carbocycles. The van der Waals surface area contributed by atoms with Crippen molar-refractivity contribution >= 4 is 16.7 Å². The van der Waals surface area contributed by atoms with Crippen molar-refractivity contribution in [1.29, 1.82) is 0 Å². The molecule has 0 saturated heterocycles. The van der Waals surface area contributed by atoms with Gasteiger partial charge in [0.2, 0.25) is 0 Å². The maximum absolute atomic E-state index is 11.4. The third-order valence-electron chi connectivity index (χ3n) is 2.75. The van der Waals surface area contributed by atoms with Crippen molar-refractivity contribution in [3.8, 4) is 5.75 Å². The SMILES string of the molecule is CC(=O)c1cc2ccc(OC(C)C)cc2n1C. The van der Waals surface area contributed by atoms with Gasteiger partial charge in [-0.3, -0.25) is 4.79 Å². The number of carbonyl (C=O) groups is 1. The summed E-state index contributed by atoms with van der Waals surface area (Å²) in [7, 11) is 1.90. The molecular formula is C14H17NO2. The number of aromatic nitrogens is 1. The highest BCUT2D eigenvalue weighted by atomic mass is 16.5. The molecule has 1 heterocycles. The molecule has 0 bridgehead atoms. The van der Waals surface area contributed by atoms with E-state index in [0.717, 1.165) is 22.3 Å². The molecule has 0 radical (unpaired) electrons. The monoisotopic (exact) mass is 231 g/mol. The first-order valence-electron chi connectivity index (χ1n) is 5.76. The fraction of sp³-hybridized carbons (Fsp3) is 0.357. The number of carbonyl (C=O) groups excluding carboxylic acids is 1. The van der Waals surface area contributed by atoms with Gasteiger partial charge in [-0.2, -0.15) is 0 Å². The number of fused-ring (bicyclic) bond motifs is 1. The van der Waals surface area contributed by atoms with Crippen molar-refractivity contribution in [1.82, 2.24) is 4.57 Å². The summed E-state index contributed by atoms with van der Waals surface area (Å²) < 4.78 is 7.56. The Kier molecular flexibility index (Phi) is 2.92. The fourth-order valence-corrected chi connectivity index (χ4v) is 1.99. The molecule has 0 unspecified atom stereocenters. The zero-order valence-corrected chi connectivity index (χ0v) is 10.7. The molecule has 0 aliphatic rings. The first kappa shape index (κ1) is 11.7. The number of rotatable bonds is 3. The highest BCUT2D eigenvalue weighted by molar-refractivity contribution is 5.98. The zero-order valence-electron chi connectivity index (χ0n) is 10.7. The maximum atomic E-state index is 11.4. The number of aryl methyl sites for hydroxylation is 1. The molecule has 0 amide bonds. The fourth-order valence-electron chi connectivity index (χ4n) is 1.99. The van der Waals surface area contributed by atoms with Crippen LogP contribution in [-0.4, -0.2) is 16.5 Å². The molecule has 2 rings (SSSR count). The Hall–Kier alpha value is -1.77. The van der Waals surface area contributed by atoms with E-state index < -0.39 is 0 Å². The Balaban J connectivity index is 2.53. The van der Waals surface area contributed by atoms with Crippen LogP contribution in [0.5, 0.6) is 5.75 Å². The zero-order chi connectivity index (χ0) is 12.6. The molecular weight excluding hydrogens is 214 g/mol. The van der Waals surface area contributed by atoms with Crippen molar-refractivity contribution in [2.24, 2.45) is 7.05 Å². The van der Waals surface area contributed by atoms with Crippen molar-refractivity contribution in [2.45, 2.75) is 26.9 Å². The van der Waals surface area contributed by atoms with E-state index in [1.807, 2.05) is 49.7 Å². The van der Waals surface area contributed by atoms with Gasteiger partial charge in [0.1, 0.15) is 5.75 Å². The van der Waals surface area contributed by atoms with Crippen molar-refractivity contribution in [3.63, 3.8) is 0 Å². The second-order valence-electron chi connectivity index (χ2n) is 4.53. The van der Waals surface area contributed by atoms with Crippen molar-refractivity contribution < 1.29 is 9.53 Å². The van der Waals surface area contributed by atoms with Gasteiger partial charge in [-0.25, -0.2) is 0 Å². The summed E-state index contributed by atoms with van der Waals surface area (Å²) >= 11 is 0. The largest absolute Gasteiger partial charge is 0.491 e. The average Bonchev–Trinajstić information content (AvgIpc) is 2.56. The van der Waals surface area contributed by atoms with Gasteiger partial charge in [0.05, 0.1) is 17.3 Å². The van der Waals surface area contributed by atoms with Crippen LogP contribution in [0.15, 0.2) is 24.3 Å². The van der Waals surface area contributed by atoms with Gasteiger partial charge in [0, 0.05) is 25.4 Å². The van der Waals surface area contributed by atoms with Crippen LogP contribution in [0, 0.1) is 0 Å². The van der Waals surface area contributed by atoms with E-state index in [0.29, 0.717) is 0 Å². The maximum Gasteiger partial charge on any atom is 0.176 e. The minimum atomic E-state index is 0.0787. The quantitative estimate of drug-likeness (QED) is 0.760. The first-order valence-corrected chi connectivity index (χ1v) is 5.76. The number of Topliss-reactive ketones (excluding diaryl/α,β-unsaturated/α-hetero) is 1. The molecule has 0 aliphatic carbocycles. The van der Waals surface area contributed by atoms with Crippen LogP contribution in [0.1, 0.15) is 31.3 Å². The Morgan fingerprint density at radius 3 is 2.59 bits per heavy atom. The second-order valence-corrected chi connectivity index (χ2v) is 4.53. The third kappa shape index (κ3) is 2.18. The van der Waals surface area contributed by atoms with Crippen LogP contribution >= 0.6 is 0 Å². The van der Waals surface area contributed by atoms with Gasteiger partial charge < -0.3 is 9.30 Å². The lowest BCUT2D eigenvalue weighted by Gasteiger charge is -2.10. The lowest BCUT2D eigenvalue weighted by molar-refractivity contribution is 0.101. The highest BCUT2D eigenvalue weighted by Crippen LogP contribution is 2.24. The van der Waals surface area contributed by atoms with Gasteiger partial charge in [0.15, 0.2) is 5.78 Å². The van der Waals surface area contributed by atoms with Gasteiger partial charge in [-0.15, -0.1) is 0 Å². The normalized spacial score (nSPS) is 11.1. The lowest BCUT2D eigenvalue weighted by Crippen LogP contribution is -2.05. The minimum absolute atomic E-state index is 0.0787. The topological polar surface area (TPSA) is 31.2 Å². The Morgan fingerprint density at radius 2 is 2.00 bits per heavy atom. The van der Waals surface area contributed by atoms with Crippen LogP contribution < -0.4 is 4.74 Å². The van der Waals surface area contributed by atoms with E-state index in [-0.39, 0.29) is 11.9 Å². The summed E-state index contributed by atoms with van der Waals surface area (Å²) in [5.41, 5.74) is 1.75. The smallest absolute Gasteiger partial charge is 0.176 e. The van der Waals surface area contributed by atoms with E-state index in [4.69, 9.17) is 4.74 Å². The summed E-state index contributed by atoms with van der Waals surface area (Å²) in [6.45, 7) is 5.58. The Bertz CT molecular complexity index is 567. The molecule has 2 aromatic rings. The summed E-state index contributed by atoms with van der Waals surface area (Å²) in [6.07, 6.45) is 0.153. The molecule has 3 nitrogen and oxygen atoms in total. The van der Waals surface area contributed by atoms with Crippen molar-refractivity contribution in [2.75, 3.05) is 0 Å². The average molecular weight is 231 g/mol. The van der Waals surface area contributed by atoms with E-state index in [1.54, 1.807) is 6.92 Å². The summed E-state index contributed by atoms with van der Waals surface area (Å²) in [4.78, 5) is 11.4. The molecule has 0 saturated carbocycles. The molecule has 0 atom stereocenters. The standard InChI is InChI=1S/C14H17NO2/c1-9(2)17-12-6-5-11-7-13(10(3)16)15(4)14(11)8-12/h5-9H,1-4H3. The van der Waals surface area contributed by atoms with Gasteiger partial charge in [0.25, 0.3) is 0 Å². The number of hydrogen-bond acceptors (Lipinski definition) is 2. The Labute approximate surface area is 101 Å². The van der Waals surface area contributed by atoms with E-state index in [9.17, 15) is 4.79 Å². The summed E-state index contributed by atoms with van der Waals surface area (Å²) in [6, 6.07) is 7.81. The molecule has 0 fully saturated rings. The van der Waals surface area contributed by atoms with E-state index >= 15 is 0 Å². The molecule has 0 aliphatic heterocycles. The number of ketones is 1. The van der Waals surface area contributed by atoms with E-state index in [2.05, 4.69) is 0 Å². The second kappa shape index (κ2) is 4.24. The molecule has 1 aromatic heterocycles. The molecule has 0 spiro atoms. The minimum Gasteiger partial charge on any atom is -0.491 e. The number of nitrogens with zero attached hydrogens (tertiary/aromatic N) is 1. The predicted octanol–water partition coefficient (Wildman–Crippen LogP) is 3.17. The third-order valence-corrected chi connectivity index (χ3v) is 2.75. The molecule has 0 N–H and O–H groups in total. The molecule has 90 valence electrons. The first-order chi connectivity index (χ1) is 7.99. The van der Waals surface area contributed by atoms with Crippen LogP contribution in [0.3, 0.4) is 0 Å². The van der Waals surface area contributed by atoms with E-state index in [1.165, 1.54) is 0 Å². The van der Waals surface area contributed by atoms with Gasteiger partial charge in [-0.05, 0) is 32.0 Å². The molecule has 17 heavy (non-hydrogen) atoms. The van der Waals surface area contributed by atoms with Crippen LogP contribution in [0.2, 0.25) is 0 Å².